The van der Waals surface area contributed by atoms with Gasteiger partial charge >= 0.3 is 0 Å². The zero-order chi connectivity index (χ0) is 8.27. The molecule has 0 aliphatic rings. The summed E-state index contributed by atoms with van der Waals surface area (Å²) in [6, 6.07) is 3.70. The summed E-state index contributed by atoms with van der Waals surface area (Å²) < 4.78 is 0. The highest BCUT2D eigenvalue weighted by molar-refractivity contribution is 7.96. The highest BCUT2D eigenvalue weighted by Gasteiger charge is 2.00. The van der Waals surface area contributed by atoms with E-state index in [2.05, 4.69) is 17.6 Å². The standard InChI is InChI=1S/C8H9NOS/c1-6-7(5-8(10)11)3-2-4-9-6/h2-4H,5H2,1H3,(H,10,11). The van der Waals surface area contributed by atoms with Gasteiger partial charge < -0.3 is 0 Å². The Morgan fingerprint density at radius 3 is 3.00 bits per heavy atom. The molecule has 0 unspecified atom stereocenters. The van der Waals surface area contributed by atoms with E-state index in [4.69, 9.17) is 0 Å². The van der Waals surface area contributed by atoms with Gasteiger partial charge in [0.05, 0.1) is 0 Å². The number of aromatic nitrogens is 1. The van der Waals surface area contributed by atoms with E-state index < -0.39 is 0 Å². The molecule has 1 rings (SSSR count). The van der Waals surface area contributed by atoms with Crippen LogP contribution in [0.4, 0.5) is 0 Å². The first-order valence-electron chi connectivity index (χ1n) is 3.32. The number of pyridine rings is 1. The van der Waals surface area contributed by atoms with Gasteiger partial charge in [-0.15, -0.1) is 12.6 Å². The van der Waals surface area contributed by atoms with E-state index in [1.54, 1.807) is 6.20 Å². The van der Waals surface area contributed by atoms with Crippen LogP contribution in [0, 0.1) is 6.92 Å². The minimum Gasteiger partial charge on any atom is -0.287 e. The van der Waals surface area contributed by atoms with Crippen molar-refractivity contribution in [3.8, 4) is 0 Å². The van der Waals surface area contributed by atoms with Crippen molar-refractivity contribution in [1.82, 2.24) is 4.98 Å². The summed E-state index contributed by atoms with van der Waals surface area (Å²) in [7, 11) is 0. The number of hydrogen-bond donors (Lipinski definition) is 1. The Morgan fingerprint density at radius 2 is 2.45 bits per heavy atom. The molecule has 0 aliphatic carbocycles. The first-order valence-corrected chi connectivity index (χ1v) is 3.77. The van der Waals surface area contributed by atoms with Crippen molar-refractivity contribution in [1.29, 1.82) is 0 Å². The summed E-state index contributed by atoms with van der Waals surface area (Å²) in [5, 5.41) is -0.124. The number of aryl methyl sites for hydroxylation is 1. The Bertz CT molecular complexity index is 273. The lowest BCUT2D eigenvalue weighted by molar-refractivity contribution is -0.110. The largest absolute Gasteiger partial charge is 0.287 e. The first-order chi connectivity index (χ1) is 5.20. The molecular formula is C8H9NOS. The van der Waals surface area contributed by atoms with Crippen LogP contribution in [0.2, 0.25) is 0 Å². The maximum absolute atomic E-state index is 10.6. The molecule has 3 heteroatoms. The zero-order valence-corrected chi connectivity index (χ0v) is 7.14. The highest BCUT2D eigenvalue weighted by Crippen LogP contribution is 2.05. The number of thiol groups is 1. The number of carbonyl (C=O) groups is 1. The molecule has 0 bridgehead atoms. The van der Waals surface area contributed by atoms with Crippen LogP contribution in [0.1, 0.15) is 11.3 Å². The second-order valence-electron chi connectivity index (χ2n) is 2.32. The summed E-state index contributed by atoms with van der Waals surface area (Å²) in [5.74, 6) is 0. The zero-order valence-electron chi connectivity index (χ0n) is 6.24. The smallest absolute Gasteiger partial charge is 0.190 e. The third-order valence-electron chi connectivity index (χ3n) is 1.46. The molecule has 0 saturated heterocycles. The van der Waals surface area contributed by atoms with Crippen LogP contribution in [0.5, 0.6) is 0 Å². The van der Waals surface area contributed by atoms with Crippen molar-refractivity contribution < 1.29 is 4.79 Å². The van der Waals surface area contributed by atoms with E-state index in [9.17, 15) is 4.79 Å². The molecule has 0 saturated carbocycles. The predicted octanol–water partition coefficient (Wildman–Crippen LogP) is 1.39. The Hall–Kier alpha value is -0.830. The van der Waals surface area contributed by atoms with Crippen molar-refractivity contribution >= 4 is 17.7 Å². The molecule has 0 aliphatic heterocycles. The van der Waals surface area contributed by atoms with E-state index in [1.807, 2.05) is 19.1 Å². The molecule has 0 spiro atoms. The third kappa shape index (κ3) is 2.35. The predicted molar refractivity (Wildman–Crippen MR) is 46.7 cm³/mol. The van der Waals surface area contributed by atoms with E-state index in [0.29, 0.717) is 6.42 Å². The topological polar surface area (TPSA) is 30.0 Å². The highest BCUT2D eigenvalue weighted by atomic mass is 32.1. The quantitative estimate of drug-likeness (QED) is 0.674. The van der Waals surface area contributed by atoms with Gasteiger partial charge in [0.15, 0.2) is 5.12 Å². The van der Waals surface area contributed by atoms with Gasteiger partial charge in [-0.3, -0.25) is 9.78 Å². The summed E-state index contributed by atoms with van der Waals surface area (Å²) in [6.07, 6.45) is 2.07. The molecule has 0 atom stereocenters. The van der Waals surface area contributed by atoms with Crippen molar-refractivity contribution in [3.05, 3.63) is 29.6 Å². The molecular weight excluding hydrogens is 158 g/mol. The Labute approximate surface area is 71.1 Å². The van der Waals surface area contributed by atoms with Gasteiger partial charge in [-0.2, -0.15) is 0 Å². The van der Waals surface area contributed by atoms with Crippen LogP contribution in [0.3, 0.4) is 0 Å². The second-order valence-corrected chi connectivity index (χ2v) is 2.82. The molecule has 2 nitrogen and oxygen atoms in total. The van der Waals surface area contributed by atoms with Gasteiger partial charge in [0.25, 0.3) is 0 Å². The van der Waals surface area contributed by atoms with Gasteiger partial charge in [-0.25, -0.2) is 0 Å². The molecule has 1 aromatic heterocycles. The Kier molecular flexibility index (Phi) is 2.65. The molecule has 0 N–H and O–H groups in total. The van der Waals surface area contributed by atoms with Crippen molar-refractivity contribution in [2.75, 3.05) is 0 Å². The van der Waals surface area contributed by atoms with Crippen molar-refractivity contribution in [3.63, 3.8) is 0 Å². The lowest BCUT2D eigenvalue weighted by atomic mass is 10.1. The fraction of sp³-hybridized carbons (Fsp3) is 0.250. The molecule has 0 amide bonds. The van der Waals surface area contributed by atoms with Crippen LogP contribution in [0.15, 0.2) is 18.3 Å². The van der Waals surface area contributed by atoms with E-state index in [-0.39, 0.29) is 5.12 Å². The van der Waals surface area contributed by atoms with E-state index >= 15 is 0 Å². The average molecular weight is 167 g/mol. The summed E-state index contributed by atoms with van der Waals surface area (Å²) in [5.41, 5.74) is 1.85. The minimum absolute atomic E-state index is 0.124. The molecule has 1 heterocycles. The van der Waals surface area contributed by atoms with Gasteiger partial charge in [-0.05, 0) is 18.6 Å². The van der Waals surface area contributed by atoms with Crippen LogP contribution >= 0.6 is 12.6 Å². The van der Waals surface area contributed by atoms with Gasteiger partial charge in [0, 0.05) is 18.3 Å². The molecule has 0 fully saturated rings. The SMILES string of the molecule is Cc1ncccc1CC(=O)S. The lowest BCUT2D eigenvalue weighted by Gasteiger charge is -1.99. The summed E-state index contributed by atoms with van der Waals surface area (Å²) in [6.45, 7) is 1.88. The van der Waals surface area contributed by atoms with E-state index in [1.165, 1.54) is 0 Å². The van der Waals surface area contributed by atoms with Crippen LogP contribution < -0.4 is 0 Å². The first kappa shape index (κ1) is 8.27. The minimum atomic E-state index is -0.124. The average Bonchev–Trinajstić information content (AvgIpc) is 1.93. The number of carbonyl (C=O) groups excluding carboxylic acids is 1. The maximum Gasteiger partial charge on any atom is 0.190 e. The van der Waals surface area contributed by atoms with Gasteiger partial charge in [0.2, 0.25) is 0 Å². The lowest BCUT2D eigenvalue weighted by Crippen LogP contribution is -1.97. The molecule has 1 aromatic rings. The third-order valence-corrected chi connectivity index (χ3v) is 1.62. The Balaban J connectivity index is 2.86. The number of hydrogen-bond acceptors (Lipinski definition) is 2. The van der Waals surface area contributed by atoms with Crippen molar-refractivity contribution in [2.45, 2.75) is 13.3 Å². The molecule has 58 valence electrons. The molecule has 0 aromatic carbocycles. The monoisotopic (exact) mass is 167 g/mol. The van der Waals surface area contributed by atoms with E-state index in [0.717, 1.165) is 11.3 Å². The second kappa shape index (κ2) is 3.53. The maximum atomic E-state index is 10.6. The van der Waals surface area contributed by atoms with Crippen molar-refractivity contribution in [2.24, 2.45) is 0 Å². The normalized spacial score (nSPS) is 9.64. The Morgan fingerprint density at radius 1 is 1.73 bits per heavy atom. The van der Waals surface area contributed by atoms with Gasteiger partial charge in [0.1, 0.15) is 0 Å². The summed E-state index contributed by atoms with van der Waals surface area (Å²) in [4.78, 5) is 14.6. The van der Waals surface area contributed by atoms with Gasteiger partial charge in [-0.1, -0.05) is 6.07 Å². The number of nitrogens with zero attached hydrogens (tertiary/aromatic N) is 1. The number of rotatable bonds is 2. The van der Waals surface area contributed by atoms with Crippen LogP contribution in [-0.2, 0) is 11.2 Å². The van der Waals surface area contributed by atoms with Crippen LogP contribution in [-0.4, -0.2) is 10.1 Å². The summed E-state index contributed by atoms with van der Waals surface area (Å²) >= 11 is 3.69. The fourth-order valence-electron chi connectivity index (χ4n) is 0.867. The molecule has 0 radical (unpaired) electrons. The molecule has 11 heavy (non-hydrogen) atoms. The van der Waals surface area contributed by atoms with Crippen LogP contribution in [0.25, 0.3) is 0 Å². The fourth-order valence-corrected chi connectivity index (χ4v) is 1.04.